The number of nitrogens with two attached hydrogens (primary N) is 1. The Morgan fingerprint density at radius 2 is 1.86 bits per heavy atom. The molecule has 0 radical (unpaired) electrons. The van der Waals surface area contributed by atoms with E-state index in [0.717, 1.165) is 54.3 Å². The van der Waals surface area contributed by atoms with Crippen LogP contribution in [0, 0.1) is 12.7 Å². The monoisotopic (exact) mass is 490 g/mol. The first-order valence-corrected chi connectivity index (χ1v) is 12.7. The van der Waals surface area contributed by atoms with Gasteiger partial charge < -0.3 is 10.3 Å². The van der Waals surface area contributed by atoms with Crippen molar-refractivity contribution >= 4 is 51.4 Å². The number of amidine groups is 1. The quantitative estimate of drug-likeness (QED) is 0.479. The number of aromatic nitrogens is 1. The van der Waals surface area contributed by atoms with Gasteiger partial charge in [0.2, 0.25) is 5.91 Å². The van der Waals surface area contributed by atoms with Gasteiger partial charge in [-0.2, -0.15) is 0 Å². The third-order valence-electron chi connectivity index (χ3n) is 6.71. The summed E-state index contributed by atoms with van der Waals surface area (Å²) in [7, 11) is 0. The molecule has 1 aliphatic carbocycles. The van der Waals surface area contributed by atoms with Crippen molar-refractivity contribution in [3.05, 3.63) is 70.5 Å². The number of aliphatic imine (C=N–C) groups is 1. The summed E-state index contributed by atoms with van der Waals surface area (Å²) in [6, 6.07) is 14.2. The van der Waals surface area contributed by atoms with Crippen molar-refractivity contribution in [1.82, 2.24) is 9.47 Å². The number of fused-ring (bicyclic) bond motifs is 1. The lowest BCUT2D eigenvalue weighted by Crippen LogP contribution is -2.40. The minimum absolute atomic E-state index is 0.0532. The van der Waals surface area contributed by atoms with E-state index in [-0.39, 0.29) is 24.2 Å². The number of benzene rings is 2. The van der Waals surface area contributed by atoms with E-state index in [1.807, 2.05) is 41.8 Å². The first-order valence-electron chi connectivity index (χ1n) is 11.9. The molecule has 6 nitrogen and oxygen atoms in total. The Labute approximate surface area is 207 Å². The van der Waals surface area contributed by atoms with E-state index in [0.29, 0.717) is 10.1 Å². The van der Waals surface area contributed by atoms with Crippen molar-refractivity contribution < 1.29 is 14.0 Å². The summed E-state index contributed by atoms with van der Waals surface area (Å²) in [5, 5.41) is 1.45. The highest BCUT2D eigenvalue weighted by molar-refractivity contribution is 8.18. The number of hydrogen-bond donors (Lipinski definition) is 1. The Hall–Kier alpha value is -3.39. The molecule has 8 heteroatoms. The number of rotatable bonds is 5. The summed E-state index contributed by atoms with van der Waals surface area (Å²) in [6.45, 7) is 1.98. The normalized spacial score (nSPS) is 19.4. The molecule has 0 bridgehead atoms. The fourth-order valence-electron chi connectivity index (χ4n) is 5.00. The van der Waals surface area contributed by atoms with Crippen molar-refractivity contribution in [3.63, 3.8) is 0 Å². The lowest BCUT2D eigenvalue weighted by atomic mass is 9.94. The Morgan fingerprint density at radius 1 is 1.14 bits per heavy atom. The molecule has 1 aromatic heterocycles. The van der Waals surface area contributed by atoms with Gasteiger partial charge in [0.05, 0.1) is 4.91 Å². The van der Waals surface area contributed by atoms with Gasteiger partial charge in [0.15, 0.2) is 5.17 Å². The molecule has 0 unspecified atom stereocenters. The summed E-state index contributed by atoms with van der Waals surface area (Å²) >= 11 is 1.28. The summed E-state index contributed by atoms with van der Waals surface area (Å²) in [6.07, 6.45) is 6.98. The predicted molar refractivity (Wildman–Crippen MR) is 139 cm³/mol. The molecule has 2 amide bonds. The fraction of sp³-hybridized carbons (Fsp3) is 0.296. The van der Waals surface area contributed by atoms with E-state index in [1.54, 1.807) is 23.1 Å². The molecule has 1 saturated heterocycles. The molecule has 2 fully saturated rings. The van der Waals surface area contributed by atoms with Crippen LogP contribution in [-0.2, 0) is 16.1 Å². The number of hydrogen-bond acceptors (Lipinski definition) is 4. The summed E-state index contributed by atoms with van der Waals surface area (Å²) in [4.78, 5) is 32.3. The highest BCUT2D eigenvalue weighted by atomic mass is 32.2. The van der Waals surface area contributed by atoms with Gasteiger partial charge in [-0.1, -0.05) is 49.6 Å². The molecular formula is C27H27FN4O2S. The molecular weight excluding hydrogens is 463 g/mol. The molecule has 0 atom stereocenters. The lowest BCUT2D eigenvalue weighted by molar-refractivity contribution is -0.124. The van der Waals surface area contributed by atoms with Crippen molar-refractivity contribution in [2.75, 3.05) is 0 Å². The summed E-state index contributed by atoms with van der Waals surface area (Å²) in [5.41, 5.74) is 8.33. The second-order valence-corrected chi connectivity index (χ2v) is 10.0. The van der Waals surface area contributed by atoms with Gasteiger partial charge in [-0.05, 0) is 55.8 Å². The first kappa shape index (κ1) is 23.4. The zero-order valence-electron chi connectivity index (χ0n) is 19.5. The Kier molecular flexibility index (Phi) is 6.47. The van der Waals surface area contributed by atoms with Crippen LogP contribution in [0.2, 0.25) is 0 Å². The lowest BCUT2D eigenvalue weighted by Gasteiger charge is -2.30. The molecule has 5 rings (SSSR count). The average Bonchev–Trinajstić information content (AvgIpc) is 3.30. The number of halogens is 1. The van der Waals surface area contributed by atoms with Crippen LogP contribution in [-0.4, -0.2) is 32.5 Å². The minimum Gasteiger partial charge on any atom is -0.368 e. The minimum atomic E-state index is -0.429. The molecule has 0 spiro atoms. The number of primary amides is 1. The number of nitrogens with zero attached hydrogens (tertiary/aromatic N) is 3. The van der Waals surface area contributed by atoms with Gasteiger partial charge in [0.25, 0.3) is 5.91 Å². The Bertz CT molecular complexity index is 1370. The number of carbonyl (C=O) groups excluding carboxylic acids is 2. The van der Waals surface area contributed by atoms with Gasteiger partial charge in [-0.25, -0.2) is 9.38 Å². The average molecular weight is 491 g/mol. The molecule has 1 saturated carbocycles. The van der Waals surface area contributed by atoms with Gasteiger partial charge in [0, 0.05) is 28.2 Å². The number of amides is 2. The maximum absolute atomic E-state index is 14.4. The van der Waals surface area contributed by atoms with E-state index in [9.17, 15) is 14.0 Å². The third kappa shape index (κ3) is 4.50. The second kappa shape index (κ2) is 9.70. The molecule has 180 valence electrons. The van der Waals surface area contributed by atoms with Crippen LogP contribution in [0.4, 0.5) is 10.1 Å². The third-order valence-corrected chi connectivity index (χ3v) is 7.70. The van der Waals surface area contributed by atoms with Crippen molar-refractivity contribution in [2.45, 2.75) is 51.6 Å². The number of para-hydroxylation sites is 2. The highest BCUT2D eigenvalue weighted by Gasteiger charge is 2.39. The van der Waals surface area contributed by atoms with Crippen LogP contribution >= 0.6 is 11.8 Å². The smallest absolute Gasteiger partial charge is 0.267 e. The van der Waals surface area contributed by atoms with E-state index < -0.39 is 11.7 Å². The molecule has 3 aromatic rings. The van der Waals surface area contributed by atoms with Gasteiger partial charge in [-0.3, -0.25) is 14.5 Å². The molecule has 2 aliphatic rings. The predicted octanol–water partition coefficient (Wildman–Crippen LogP) is 5.51. The topological polar surface area (TPSA) is 80.7 Å². The van der Waals surface area contributed by atoms with Crippen LogP contribution < -0.4 is 5.73 Å². The largest absolute Gasteiger partial charge is 0.368 e. The Morgan fingerprint density at radius 3 is 2.60 bits per heavy atom. The Balaban J connectivity index is 1.60. The van der Waals surface area contributed by atoms with E-state index in [4.69, 9.17) is 5.73 Å². The maximum atomic E-state index is 14.4. The molecule has 2 aromatic carbocycles. The van der Waals surface area contributed by atoms with Crippen LogP contribution in [0.15, 0.2) is 58.4 Å². The number of carbonyl (C=O) groups is 2. The van der Waals surface area contributed by atoms with Crippen molar-refractivity contribution in [1.29, 1.82) is 0 Å². The standard InChI is InChI=1S/C27H27FN4O2S/c1-17-20(19-11-5-8-14-23(19)31(17)16-25(29)33)15-24-26(34)32(18-9-3-2-4-10-18)27(35-24)30-22-13-7-6-12-21(22)28/h5-8,11-15,18H,2-4,9-10,16H2,1H3,(H2,29,33). The highest BCUT2D eigenvalue weighted by Crippen LogP contribution is 2.40. The summed E-state index contributed by atoms with van der Waals surface area (Å²) < 4.78 is 16.3. The van der Waals surface area contributed by atoms with Crippen molar-refractivity contribution in [2.24, 2.45) is 10.7 Å². The van der Waals surface area contributed by atoms with Crippen LogP contribution in [0.1, 0.15) is 43.4 Å². The van der Waals surface area contributed by atoms with E-state index >= 15 is 0 Å². The van der Waals surface area contributed by atoms with Crippen LogP contribution in [0.25, 0.3) is 17.0 Å². The van der Waals surface area contributed by atoms with Gasteiger partial charge in [-0.15, -0.1) is 0 Å². The van der Waals surface area contributed by atoms with Crippen LogP contribution in [0.5, 0.6) is 0 Å². The number of thioether (sulfide) groups is 1. The zero-order chi connectivity index (χ0) is 24.5. The first-order chi connectivity index (χ1) is 16.9. The molecule has 2 N–H and O–H groups in total. The van der Waals surface area contributed by atoms with Gasteiger partial charge >= 0.3 is 0 Å². The van der Waals surface area contributed by atoms with E-state index in [1.165, 1.54) is 17.8 Å². The zero-order valence-corrected chi connectivity index (χ0v) is 20.4. The summed E-state index contributed by atoms with van der Waals surface area (Å²) in [5.74, 6) is -0.954. The second-order valence-electron chi connectivity index (χ2n) is 8.99. The van der Waals surface area contributed by atoms with Crippen molar-refractivity contribution in [3.8, 4) is 0 Å². The molecule has 1 aliphatic heterocycles. The molecule has 2 heterocycles. The molecule has 35 heavy (non-hydrogen) atoms. The van der Waals surface area contributed by atoms with E-state index in [2.05, 4.69) is 4.99 Å². The fourth-order valence-corrected chi connectivity index (χ4v) is 6.04. The van der Waals surface area contributed by atoms with Gasteiger partial charge in [0.1, 0.15) is 18.0 Å². The SMILES string of the molecule is Cc1c(C=C2SC(=Nc3ccccc3F)N(C3CCCCC3)C2=O)c2ccccc2n1CC(N)=O. The maximum Gasteiger partial charge on any atom is 0.267 e. The van der Waals surface area contributed by atoms with Crippen LogP contribution in [0.3, 0.4) is 0 Å².